The van der Waals surface area contributed by atoms with Gasteiger partial charge in [0.2, 0.25) is 5.91 Å². The molecule has 4 nitrogen and oxygen atoms in total. The zero-order chi connectivity index (χ0) is 14.4. The van der Waals surface area contributed by atoms with E-state index in [0.717, 1.165) is 13.1 Å². The van der Waals surface area contributed by atoms with Gasteiger partial charge in [-0.2, -0.15) is 0 Å². The minimum absolute atomic E-state index is 0.0745. The second-order valence-corrected chi connectivity index (χ2v) is 5.83. The van der Waals surface area contributed by atoms with Crippen molar-refractivity contribution in [3.8, 4) is 0 Å². The minimum atomic E-state index is -0.0745. The summed E-state index contributed by atoms with van der Waals surface area (Å²) in [7, 11) is 2.18. The summed E-state index contributed by atoms with van der Waals surface area (Å²) in [4.78, 5) is 16.5. The van der Waals surface area contributed by atoms with Crippen LogP contribution in [0.25, 0.3) is 0 Å². The molecule has 0 saturated carbocycles. The maximum absolute atomic E-state index is 12.2. The Labute approximate surface area is 118 Å². The van der Waals surface area contributed by atoms with Gasteiger partial charge in [-0.25, -0.2) is 0 Å². The lowest BCUT2D eigenvalue weighted by Gasteiger charge is -2.35. The Morgan fingerprint density at radius 1 is 1.26 bits per heavy atom. The number of rotatable bonds is 6. The van der Waals surface area contributed by atoms with Crippen LogP contribution >= 0.6 is 0 Å². The molecule has 1 saturated heterocycles. The molecule has 0 radical (unpaired) electrons. The highest BCUT2D eigenvalue weighted by molar-refractivity contribution is 5.81. The lowest BCUT2D eigenvalue weighted by atomic mass is 9.90. The quantitative estimate of drug-likeness (QED) is 0.795. The van der Waals surface area contributed by atoms with Gasteiger partial charge in [0.15, 0.2) is 0 Å². The third-order valence-electron chi connectivity index (χ3n) is 4.43. The van der Waals surface area contributed by atoms with Crippen LogP contribution in [0.3, 0.4) is 0 Å². The lowest BCUT2D eigenvalue weighted by Crippen LogP contribution is -2.50. The van der Waals surface area contributed by atoms with Gasteiger partial charge in [-0.3, -0.25) is 4.79 Å². The SMILES string of the molecule is CCN(CC)C(=O)C(C)NC(C)C1CCN(C)CC1. The molecule has 1 N–H and O–H groups in total. The van der Waals surface area contributed by atoms with Crippen LogP contribution in [0.15, 0.2) is 0 Å². The second kappa shape index (κ2) is 7.85. The van der Waals surface area contributed by atoms with E-state index >= 15 is 0 Å². The van der Waals surface area contributed by atoms with Gasteiger partial charge in [-0.05, 0) is 66.6 Å². The molecule has 19 heavy (non-hydrogen) atoms. The zero-order valence-electron chi connectivity index (χ0n) is 13.3. The van der Waals surface area contributed by atoms with E-state index in [1.807, 2.05) is 25.7 Å². The molecule has 0 aromatic rings. The van der Waals surface area contributed by atoms with Gasteiger partial charge < -0.3 is 15.1 Å². The third kappa shape index (κ3) is 4.77. The Balaban J connectivity index is 2.42. The number of nitrogens with one attached hydrogen (secondary N) is 1. The van der Waals surface area contributed by atoms with Gasteiger partial charge in [0, 0.05) is 19.1 Å². The molecule has 0 aromatic carbocycles. The monoisotopic (exact) mass is 269 g/mol. The molecule has 1 aliphatic rings. The number of likely N-dealkylation sites (tertiary alicyclic amines) is 1. The predicted molar refractivity (Wildman–Crippen MR) is 80.2 cm³/mol. The van der Waals surface area contributed by atoms with Crippen molar-refractivity contribution < 1.29 is 4.79 Å². The first kappa shape index (κ1) is 16.4. The summed E-state index contributed by atoms with van der Waals surface area (Å²) < 4.78 is 0. The van der Waals surface area contributed by atoms with E-state index in [0.29, 0.717) is 12.0 Å². The summed E-state index contributed by atoms with van der Waals surface area (Å²) in [5.41, 5.74) is 0. The molecule has 4 heteroatoms. The van der Waals surface area contributed by atoms with Crippen molar-refractivity contribution in [3.05, 3.63) is 0 Å². The number of carbonyl (C=O) groups is 1. The number of amides is 1. The summed E-state index contributed by atoms with van der Waals surface area (Å²) in [6.45, 7) is 12.2. The summed E-state index contributed by atoms with van der Waals surface area (Å²) in [6, 6.07) is 0.345. The molecule has 1 aliphatic heterocycles. The molecule has 1 heterocycles. The molecule has 0 spiro atoms. The Morgan fingerprint density at radius 2 is 1.79 bits per heavy atom. The highest BCUT2D eigenvalue weighted by atomic mass is 16.2. The van der Waals surface area contributed by atoms with E-state index in [1.54, 1.807) is 0 Å². The van der Waals surface area contributed by atoms with E-state index in [4.69, 9.17) is 0 Å². The first-order valence-corrected chi connectivity index (χ1v) is 7.72. The molecule has 112 valence electrons. The van der Waals surface area contributed by atoms with Crippen LogP contribution in [0.5, 0.6) is 0 Å². The highest BCUT2D eigenvalue weighted by Gasteiger charge is 2.26. The van der Waals surface area contributed by atoms with E-state index in [2.05, 4.69) is 24.2 Å². The van der Waals surface area contributed by atoms with Crippen molar-refractivity contribution in [1.29, 1.82) is 0 Å². The van der Waals surface area contributed by atoms with Crippen molar-refractivity contribution >= 4 is 5.91 Å². The van der Waals surface area contributed by atoms with Crippen LogP contribution in [0.2, 0.25) is 0 Å². The minimum Gasteiger partial charge on any atom is -0.342 e. The average Bonchev–Trinajstić information content (AvgIpc) is 2.40. The maximum Gasteiger partial charge on any atom is 0.239 e. The van der Waals surface area contributed by atoms with Gasteiger partial charge in [0.05, 0.1) is 6.04 Å². The van der Waals surface area contributed by atoms with Gasteiger partial charge in [-0.15, -0.1) is 0 Å². The van der Waals surface area contributed by atoms with Gasteiger partial charge in [0.25, 0.3) is 0 Å². The van der Waals surface area contributed by atoms with Crippen LogP contribution in [-0.2, 0) is 4.79 Å². The Kier molecular flexibility index (Phi) is 6.80. The fourth-order valence-electron chi connectivity index (χ4n) is 2.94. The maximum atomic E-state index is 12.2. The van der Waals surface area contributed by atoms with Crippen molar-refractivity contribution in [3.63, 3.8) is 0 Å². The average molecular weight is 269 g/mol. The molecular weight excluding hydrogens is 238 g/mol. The topological polar surface area (TPSA) is 35.6 Å². The fourth-order valence-corrected chi connectivity index (χ4v) is 2.94. The first-order chi connectivity index (χ1) is 8.99. The van der Waals surface area contributed by atoms with Crippen LogP contribution in [0.1, 0.15) is 40.5 Å². The number of carbonyl (C=O) groups excluding carboxylic acids is 1. The van der Waals surface area contributed by atoms with Crippen LogP contribution < -0.4 is 5.32 Å². The largest absolute Gasteiger partial charge is 0.342 e. The second-order valence-electron chi connectivity index (χ2n) is 5.83. The smallest absolute Gasteiger partial charge is 0.239 e. The summed E-state index contributed by atoms with van der Waals surface area (Å²) in [5, 5.41) is 3.50. The van der Waals surface area contributed by atoms with Crippen molar-refractivity contribution in [2.24, 2.45) is 5.92 Å². The molecule has 1 fully saturated rings. The summed E-state index contributed by atoms with van der Waals surface area (Å²) in [6.07, 6.45) is 2.47. The molecule has 1 amide bonds. The number of likely N-dealkylation sites (N-methyl/N-ethyl adjacent to an activating group) is 1. The normalized spacial score (nSPS) is 21.1. The summed E-state index contributed by atoms with van der Waals surface area (Å²) >= 11 is 0. The number of nitrogens with zero attached hydrogens (tertiary/aromatic N) is 2. The van der Waals surface area contributed by atoms with E-state index in [9.17, 15) is 4.79 Å². The van der Waals surface area contributed by atoms with Crippen molar-refractivity contribution in [2.45, 2.75) is 52.6 Å². The molecule has 1 rings (SSSR count). The van der Waals surface area contributed by atoms with Crippen LogP contribution in [0, 0.1) is 5.92 Å². The molecule has 0 bridgehead atoms. The zero-order valence-corrected chi connectivity index (χ0v) is 13.3. The van der Waals surface area contributed by atoms with Gasteiger partial charge >= 0.3 is 0 Å². The Hall–Kier alpha value is -0.610. The fraction of sp³-hybridized carbons (Fsp3) is 0.933. The van der Waals surface area contributed by atoms with Crippen molar-refractivity contribution in [2.75, 3.05) is 33.2 Å². The molecule has 2 atom stereocenters. The first-order valence-electron chi connectivity index (χ1n) is 7.72. The molecule has 2 unspecified atom stereocenters. The highest BCUT2D eigenvalue weighted by Crippen LogP contribution is 2.20. The molecule has 0 aliphatic carbocycles. The standard InChI is InChI=1S/C15H31N3O/c1-6-18(7-2)15(19)13(4)16-12(3)14-8-10-17(5)11-9-14/h12-14,16H,6-11H2,1-5H3. The number of hydrogen-bond donors (Lipinski definition) is 1. The third-order valence-corrected chi connectivity index (χ3v) is 4.43. The Morgan fingerprint density at radius 3 is 2.26 bits per heavy atom. The molecule has 0 aromatic heterocycles. The van der Waals surface area contributed by atoms with E-state index in [1.165, 1.54) is 25.9 Å². The molecular formula is C15H31N3O. The summed E-state index contributed by atoms with van der Waals surface area (Å²) in [5.74, 6) is 0.924. The number of hydrogen-bond acceptors (Lipinski definition) is 3. The predicted octanol–water partition coefficient (Wildman–Crippen LogP) is 1.56. The van der Waals surface area contributed by atoms with Gasteiger partial charge in [-0.1, -0.05) is 0 Å². The van der Waals surface area contributed by atoms with Gasteiger partial charge in [0.1, 0.15) is 0 Å². The van der Waals surface area contributed by atoms with E-state index < -0.39 is 0 Å². The lowest BCUT2D eigenvalue weighted by molar-refractivity contribution is -0.132. The van der Waals surface area contributed by atoms with Crippen molar-refractivity contribution in [1.82, 2.24) is 15.1 Å². The number of piperidine rings is 1. The van der Waals surface area contributed by atoms with E-state index in [-0.39, 0.29) is 11.9 Å². The Bertz CT molecular complexity index is 271. The van der Waals surface area contributed by atoms with Crippen LogP contribution in [0.4, 0.5) is 0 Å². The van der Waals surface area contributed by atoms with Crippen LogP contribution in [-0.4, -0.2) is 61.0 Å².